The third kappa shape index (κ3) is 2.72. The van der Waals surface area contributed by atoms with Crippen molar-refractivity contribution in [1.29, 1.82) is 0 Å². The molecule has 0 spiro atoms. The second-order valence-corrected chi connectivity index (χ2v) is 7.57. The smallest absolute Gasteiger partial charge is 0.231 e. The summed E-state index contributed by atoms with van der Waals surface area (Å²) < 4.78 is 23.5. The van der Waals surface area contributed by atoms with Crippen LogP contribution in [-0.2, 0) is 0 Å². The number of likely N-dealkylation sites (tertiary alicyclic amines) is 1. The topological polar surface area (TPSA) is 40.2 Å². The van der Waals surface area contributed by atoms with Gasteiger partial charge < -0.3 is 18.9 Å². The van der Waals surface area contributed by atoms with Crippen LogP contribution in [0.3, 0.4) is 0 Å². The lowest BCUT2D eigenvalue weighted by Gasteiger charge is -2.42. The second kappa shape index (κ2) is 6.64. The second-order valence-electron chi connectivity index (χ2n) is 7.57. The van der Waals surface area contributed by atoms with Gasteiger partial charge in [0.2, 0.25) is 6.79 Å². The van der Waals surface area contributed by atoms with Crippen molar-refractivity contribution in [2.75, 3.05) is 27.0 Å². The fourth-order valence-corrected chi connectivity index (χ4v) is 4.75. The molecule has 0 radical (unpaired) electrons. The summed E-state index contributed by atoms with van der Waals surface area (Å²) in [6.07, 6.45) is 2.52. The Balaban J connectivity index is 1.65. The highest BCUT2D eigenvalue weighted by Gasteiger charge is 2.42. The molecular formula is C22H25NO4. The van der Waals surface area contributed by atoms with E-state index in [1.807, 2.05) is 18.2 Å². The molecule has 5 heteroatoms. The minimum absolute atomic E-state index is 0.0512. The van der Waals surface area contributed by atoms with Crippen LogP contribution in [0.4, 0.5) is 0 Å². The highest BCUT2D eigenvalue weighted by Crippen LogP contribution is 2.51. The summed E-state index contributed by atoms with van der Waals surface area (Å²) in [7, 11) is 1.74. The highest BCUT2D eigenvalue weighted by molar-refractivity contribution is 5.57. The monoisotopic (exact) mass is 367 g/mol. The fraction of sp³-hybridized carbons (Fsp3) is 0.455. The molecule has 2 aromatic carbocycles. The Labute approximate surface area is 159 Å². The van der Waals surface area contributed by atoms with Crippen LogP contribution in [0.25, 0.3) is 0 Å². The predicted molar refractivity (Wildman–Crippen MR) is 102 cm³/mol. The molecule has 0 unspecified atom stereocenters. The van der Waals surface area contributed by atoms with E-state index in [1.54, 1.807) is 7.11 Å². The summed E-state index contributed by atoms with van der Waals surface area (Å²) in [5.41, 5.74) is 2.34. The number of hydrogen-bond acceptors (Lipinski definition) is 5. The minimum atomic E-state index is 0.0512. The predicted octanol–water partition coefficient (Wildman–Crippen LogP) is 4.01. The van der Waals surface area contributed by atoms with Crippen LogP contribution in [0, 0.1) is 5.92 Å². The van der Waals surface area contributed by atoms with E-state index in [1.165, 1.54) is 18.4 Å². The summed E-state index contributed by atoms with van der Waals surface area (Å²) in [6, 6.07) is 12.4. The van der Waals surface area contributed by atoms with E-state index in [0.717, 1.165) is 41.7 Å². The van der Waals surface area contributed by atoms with Gasteiger partial charge in [-0.15, -0.1) is 0 Å². The molecule has 0 N–H and O–H groups in total. The minimum Gasteiger partial charge on any atom is -0.496 e. The van der Waals surface area contributed by atoms with Crippen molar-refractivity contribution in [3.63, 3.8) is 0 Å². The Kier molecular flexibility index (Phi) is 4.12. The number of fused-ring (bicyclic) bond motifs is 2. The van der Waals surface area contributed by atoms with Crippen molar-refractivity contribution >= 4 is 0 Å². The van der Waals surface area contributed by atoms with Crippen molar-refractivity contribution in [3.05, 3.63) is 47.5 Å². The molecular weight excluding hydrogens is 342 g/mol. The number of nitrogens with zero attached hydrogens (tertiary/aromatic N) is 1. The molecule has 0 amide bonds. The molecule has 1 fully saturated rings. The molecule has 3 aliphatic heterocycles. The molecule has 3 aliphatic rings. The van der Waals surface area contributed by atoms with Crippen molar-refractivity contribution in [2.24, 2.45) is 5.92 Å². The number of ether oxygens (including phenoxy) is 4. The van der Waals surface area contributed by atoms with Gasteiger partial charge in [0.05, 0.1) is 7.11 Å². The third-order valence-corrected chi connectivity index (χ3v) is 6.04. The van der Waals surface area contributed by atoms with Gasteiger partial charge in [-0.1, -0.05) is 25.1 Å². The van der Waals surface area contributed by atoms with Gasteiger partial charge in [-0.3, -0.25) is 4.90 Å². The number of methoxy groups -OCH3 is 1. The Morgan fingerprint density at radius 1 is 0.963 bits per heavy atom. The molecule has 5 rings (SSSR count). The van der Waals surface area contributed by atoms with E-state index < -0.39 is 0 Å². The summed E-state index contributed by atoms with van der Waals surface area (Å²) in [5.74, 6) is 3.83. The van der Waals surface area contributed by atoms with Gasteiger partial charge in [0.25, 0.3) is 0 Å². The van der Waals surface area contributed by atoms with Crippen LogP contribution in [0.1, 0.15) is 36.8 Å². The Hall–Kier alpha value is -2.40. The van der Waals surface area contributed by atoms with E-state index in [-0.39, 0.29) is 24.9 Å². The molecule has 5 nitrogen and oxygen atoms in total. The molecule has 3 atom stereocenters. The van der Waals surface area contributed by atoms with Crippen molar-refractivity contribution in [2.45, 2.75) is 31.9 Å². The number of benzene rings is 2. The lowest BCUT2D eigenvalue weighted by molar-refractivity contribution is -0.0180. The van der Waals surface area contributed by atoms with Crippen LogP contribution < -0.4 is 18.9 Å². The van der Waals surface area contributed by atoms with Gasteiger partial charge in [0.1, 0.15) is 11.5 Å². The SMILES string of the molecule is COc1ccccc1[C@H]1c2cc3c(cc2O[C@H](N2CCCC2)[C@@H]1C)OCO3. The Morgan fingerprint density at radius 3 is 2.48 bits per heavy atom. The van der Waals surface area contributed by atoms with Gasteiger partial charge in [-0.05, 0) is 25.0 Å². The molecule has 142 valence electrons. The lowest BCUT2D eigenvalue weighted by atomic mass is 9.77. The number of hydrogen-bond donors (Lipinski definition) is 0. The highest BCUT2D eigenvalue weighted by atomic mass is 16.7. The Bertz CT molecular complexity index is 846. The summed E-state index contributed by atoms with van der Waals surface area (Å²) >= 11 is 0. The molecule has 27 heavy (non-hydrogen) atoms. The lowest BCUT2D eigenvalue weighted by Crippen LogP contribution is -2.47. The van der Waals surface area contributed by atoms with Gasteiger partial charge in [-0.2, -0.15) is 0 Å². The van der Waals surface area contributed by atoms with Crippen LogP contribution in [-0.4, -0.2) is 38.1 Å². The average molecular weight is 367 g/mol. The van der Waals surface area contributed by atoms with E-state index in [4.69, 9.17) is 18.9 Å². The third-order valence-electron chi connectivity index (χ3n) is 6.04. The maximum absolute atomic E-state index is 6.53. The number of rotatable bonds is 3. The fourth-order valence-electron chi connectivity index (χ4n) is 4.75. The summed E-state index contributed by atoms with van der Waals surface area (Å²) in [4.78, 5) is 2.47. The van der Waals surface area contributed by atoms with E-state index in [9.17, 15) is 0 Å². The maximum Gasteiger partial charge on any atom is 0.231 e. The normalized spacial score (nSPS) is 26.5. The zero-order valence-electron chi connectivity index (χ0n) is 15.8. The molecule has 0 aromatic heterocycles. The first-order valence-electron chi connectivity index (χ1n) is 9.73. The molecule has 2 aromatic rings. The first-order chi connectivity index (χ1) is 13.3. The Morgan fingerprint density at radius 2 is 1.70 bits per heavy atom. The van der Waals surface area contributed by atoms with Crippen LogP contribution >= 0.6 is 0 Å². The van der Waals surface area contributed by atoms with Gasteiger partial charge in [-0.25, -0.2) is 0 Å². The van der Waals surface area contributed by atoms with Crippen LogP contribution in [0.15, 0.2) is 36.4 Å². The van der Waals surface area contributed by atoms with Crippen LogP contribution in [0.2, 0.25) is 0 Å². The first-order valence-corrected chi connectivity index (χ1v) is 9.73. The van der Waals surface area contributed by atoms with Crippen molar-refractivity contribution in [1.82, 2.24) is 4.90 Å². The molecule has 0 saturated carbocycles. The van der Waals surface area contributed by atoms with Gasteiger partial charge >= 0.3 is 0 Å². The summed E-state index contributed by atoms with van der Waals surface area (Å²) in [6.45, 7) is 4.73. The molecule has 0 bridgehead atoms. The summed E-state index contributed by atoms with van der Waals surface area (Å²) in [5, 5.41) is 0. The average Bonchev–Trinajstić information content (AvgIpc) is 3.37. The first kappa shape index (κ1) is 16.8. The largest absolute Gasteiger partial charge is 0.496 e. The van der Waals surface area contributed by atoms with Crippen LogP contribution in [0.5, 0.6) is 23.0 Å². The molecule has 0 aliphatic carbocycles. The van der Waals surface area contributed by atoms with Gasteiger partial charge in [0.15, 0.2) is 17.7 Å². The standard InChI is InChI=1S/C22H25NO4/c1-14-21(15-7-3-4-8-17(15)24-2)16-11-19-20(26-13-25-19)12-18(16)27-22(14)23-9-5-6-10-23/h3-4,7-8,11-12,14,21-22H,5-6,9-10,13H2,1-2H3/t14-,21+,22+/m1/s1. The zero-order chi connectivity index (χ0) is 18.4. The zero-order valence-corrected chi connectivity index (χ0v) is 15.8. The van der Waals surface area contributed by atoms with Gasteiger partial charge in [0, 0.05) is 42.1 Å². The van der Waals surface area contributed by atoms with E-state index >= 15 is 0 Å². The van der Waals surface area contributed by atoms with E-state index in [2.05, 4.69) is 30.0 Å². The number of para-hydroxylation sites is 1. The van der Waals surface area contributed by atoms with Crippen molar-refractivity contribution in [3.8, 4) is 23.0 Å². The molecule has 3 heterocycles. The van der Waals surface area contributed by atoms with Crippen molar-refractivity contribution < 1.29 is 18.9 Å². The van der Waals surface area contributed by atoms with E-state index in [0.29, 0.717) is 0 Å². The quantitative estimate of drug-likeness (QED) is 0.820. The molecule has 1 saturated heterocycles. The maximum atomic E-state index is 6.53.